The summed E-state index contributed by atoms with van der Waals surface area (Å²) in [5.74, 6) is 5.06. The van der Waals surface area contributed by atoms with Gasteiger partial charge in [-0.05, 0) is 108 Å². The quantitative estimate of drug-likeness (QED) is 0.0157. The van der Waals surface area contributed by atoms with Crippen molar-refractivity contribution in [1.82, 2.24) is 59.2 Å². The van der Waals surface area contributed by atoms with E-state index in [0.29, 0.717) is 136 Å². The molecule has 123 heavy (non-hydrogen) atoms. The van der Waals surface area contributed by atoms with Gasteiger partial charge in [-0.3, -0.25) is 14.4 Å². The van der Waals surface area contributed by atoms with Crippen molar-refractivity contribution in [2.45, 2.75) is 79.3 Å². The summed E-state index contributed by atoms with van der Waals surface area (Å²) in [6.45, 7) is 17.9. The number of ether oxygens (including phenoxy) is 11. The fourth-order valence-corrected chi connectivity index (χ4v) is 10.8. The highest BCUT2D eigenvalue weighted by atomic mass is 35.5. The Kier molecular flexibility index (Phi) is 42.6. The molecule has 0 saturated carbocycles. The van der Waals surface area contributed by atoms with E-state index in [-0.39, 0.29) is 84.0 Å². The molecule has 8 N–H and O–H groups in total. The number of aromatic hydroxyl groups is 1. The predicted molar refractivity (Wildman–Crippen MR) is 470 cm³/mol. The number of fused-ring (bicyclic) bond motifs is 1. The van der Waals surface area contributed by atoms with Gasteiger partial charge in [0.25, 0.3) is 16.7 Å². The Morgan fingerprint density at radius 1 is 0.545 bits per heavy atom. The Hall–Kier alpha value is -10.8. The maximum atomic E-state index is 15.3. The van der Waals surface area contributed by atoms with Crippen LogP contribution in [-0.2, 0) is 54.5 Å². The molecule has 0 radical (unpaired) electrons. The summed E-state index contributed by atoms with van der Waals surface area (Å²) >= 11 is 22.4. The first-order valence-electron chi connectivity index (χ1n) is 38.0. The van der Waals surface area contributed by atoms with Crippen LogP contribution in [0.3, 0.4) is 0 Å². The maximum absolute atomic E-state index is 15.3. The van der Waals surface area contributed by atoms with E-state index >= 15 is 4.39 Å². The number of nitrogens with one attached hydrogen (secondary N) is 2. The van der Waals surface area contributed by atoms with E-state index in [1.54, 1.807) is 131 Å². The number of benzene rings is 2. The van der Waals surface area contributed by atoms with E-state index in [1.807, 2.05) is 40.7 Å². The van der Waals surface area contributed by atoms with Gasteiger partial charge in [0, 0.05) is 82.9 Å². The van der Waals surface area contributed by atoms with Gasteiger partial charge in [0.1, 0.15) is 116 Å². The number of hydrogen-bond donors (Lipinski definition) is 7. The van der Waals surface area contributed by atoms with Gasteiger partial charge in [0.15, 0.2) is 5.15 Å². The molecule has 2 aliphatic heterocycles. The van der Waals surface area contributed by atoms with E-state index in [2.05, 4.69) is 67.5 Å². The highest BCUT2D eigenvalue weighted by Crippen LogP contribution is 2.31. The zero-order valence-electron chi connectivity index (χ0n) is 69.5. The monoisotopic (exact) mass is 1780 g/mol. The molecule has 13 rings (SSSR count). The highest BCUT2D eigenvalue weighted by Gasteiger charge is 2.25. The van der Waals surface area contributed by atoms with Gasteiger partial charge in [0.05, 0.1) is 133 Å². The molecule has 2 aromatic carbocycles. The molecule has 2 aliphatic rings. The van der Waals surface area contributed by atoms with E-state index in [1.165, 1.54) is 73.4 Å². The van der Waals surface area contributed by atoms with Crippen molar-refractivity contribution in [3.05, 3.63) is 227 Å². The molecular formula is C85H106Cl4FN15O18. The minimum absolute atomic E-state index is 0. The molecule has 0 bridgehead atoms. The number of aliphatic hydroxyl groups excluding tert-OH is 3. The van der Waals surface area contributed by atoms with Crippen LogP contribution < -0.4 is 56.7 Å². The summed E-state index contributed by atoms with van der Waals surface area (Å²) in [7, 11) is 9.55. The average molecular weight is 1790 g/mol. The molecule has 11 aromatic rings. The summed E-state index contributed by atoms with van der Waals surface area (Å²) in [6, 6.07) is 31.4. The number of nitrogens with two attached hydrogens (primary N) is 1. The van der Waals surface area contributed by atoms with E-state index in [4.69, 9.17) is 110 Å². The van der Waals surface area contributed by atoms with Crippen molar-refractivity contribution in [3.8, 4) is 51.4 Å². The van der Waals surface area contributed by atoms with Crippen LogP contribution in [0.25, 0.3) is 27.7 Å². The van der Waals surface area contributed by atoms with Crippen molar-refractivity contribution in [3.63, 3.8) is 0 Å². The number of aromatic nitrogens is 12. The van der Waals surface area contributed by atoms with Crippen LogP contribution in [0.1, 0.15) is 60.1 Å². The van der Waals surface area contributed by atoms with Gasteiger partial charge in [-0.25, -0.2) is 43.7 Å². The van der Waals surface area contributed by atoms with Crippen LogP contribution in [0, 0.1) is 23.6 Å². The molecule has 0 aliphatic carbocycles. The van der Waals surface area contributed by atoms with Gasteiger partial charge in [-0.1, -0.05) is 108 Å². The summed E-state index contributed by atoms with van der Waals surface area (Å²) in [6.07, 6.45) is 10.5. The molecule has 2 saturated heterocycles. The van der Waals surface area contributed by atoms with Crippen LogP contribution in [0.4, 0.5) is 33.2 Å². The number of aliphatic hydroxyl groups is 3. The number of aryl methyl sites for hydroxylation is 2. The summed E-state index contributed by atoms with van der Waals surface area (Å²) in [5.41, 5.74) is 6.39. The lowest BCUT2D eigenvalue weighted by atomic mass is 9.86. The molecule has 33 nitrogen and oxygen atoms in total. The molecule has 0 unspecified atom stereocenters. The van der Waals surface area contributed by atoms with Crippen LogP contribution in [0.5, 0.6) is 34.5 Å². The summed E-state index contributed by atoms with van der Waals surface area (Å²) in [4.78, 5) is 62.4. The Morgan fingerprint density at radius 3 is 1.43 bits per heavy atom. The molecule has 664 valence electrons. The smallest absolute Gasteiger partial charge is 0.290 e. The molecule has 0 spiro atoms. The maximum Gasteiger partial charge on any atom is 0.290 e. The third kappa shape index (κ3) is 35.5. The van der Waals surface area contributed by atoms with Crippen LogP contribution in [0.2, 0.25) is 20.6 Å². The fourth-order valence-electron chi connectivity index (χ4n) is 10.3. The van der Waals surface area contributed by atoms with E-state index in [0.717, 1.165) is 35.0 Å². The standard InChI is InChI=1S/C34H37FN6O5.C15H19ClN4O3.C10H16N2O2.C9H12ClNO3.C8H8ClNO2.C5H4ClNO.C3H6O2.CH4/c1-20(18-45-6)19-46-23-10-11-30(36-16-23)38-28-14-27(39-40(5)32(28)43)24-8-7-9-29(25(24)17-42)41-33(44)31-21(15-37-41)12-22(13-26(31)35)34(2,3)4;1-10(8-22-3)9-23-11-4-5-14(17-7-11)18-12-6-13(16)19-20(2)15(12)21;1-8(6-13-2)7-14-9-3-4-10(11)12-5-9;1-13-5-7(12)6-14-8-2-3-9(10)11-4-8;9-8-2-1-6(3-10-8)11-4-7-5-12-7;6-5-2-1-4(8)3-7-5;4-1-3-2-5-3;/h7-16,20,42H,17-19H2,1-6H3,(H,36,38);4-7,10H,8-9H2,1-3H3,(H,17,18);3-5,8H,6-7H2,1-2H3,(H2,11,12);2-4,7,12H,5-6H2,1H3;1-3,7H,4-5H2;1-3,8H;3-4H,1-2H2;1H4/t20-;10-;8-;2*7-;;3-;/m00001.1./s1. The predicted octanol–water partition coefficient (Wildman–Crippen LogP) is 12.5. The van der Waals surface area contributed by atoms with Crippen molar-refractivity contribution in [2.24, 2.45) is 31.8 Å². The van der Waals surface area contributed by atoms with E-state index < -0.39 is 29.6 Å². The molecule has 9 aromatic heterocycles. The second kappa shape index (κ2) is 51.9. The van der Waals surface area contributed by atoms with Crippen molar-refractivity contribution in [2.75, 3.05) is 124 Å². The number of epoxide rings is 2. The second-order valence-corrected chi connectivity index (χ2v) is 30.1. The molecule has 0 amide bonds. The van der Waals surface area contributed by atoms with Gasteiger partial charge in [-0.2, -0.15) is 20.0 Å². The molecule has 2 fully saturated rings. The summed E-state index contributed by atoms with van der Waals surface area (Å²) < 4.78 is 75.7. The Labute approximate surface area is 732 Å². The first-order valence-corrected chi connectivity index (χ1v) is 39.5. The average Bonchev–Trinajstić information content (AvgIpc) is 1.76. The van der Waals surface area contributed by atoms with Gasteiger partial charge in [0.2, 0.25) is 0 Å². The zero-order chi connectivity index (χ0) is 88.8. The lowest BCUT2D eigenvalue weighted by molar-refractivity contribution is 0.0324. The zero-order valence-corrected chi connectivity index (χ0v) is 72.5. The largest absolute Gasteiger partial charge is 0.506 e. The van der Waals surface area contributed by atoms with Gasteiger partial charge >= 0.3 is 0 Å². The molecule has 6 atom stereocenters. The number of pyridine rings is 6. The minimum Gasteiger partial charge on any atom is -0.506 e. The Bertz CT molecular complexity index is 5090. The van der Waals surface area contributed by atoms with Gasteiger partial charge < -0.3 is 88.9 Å². The van der Waals surface area contributed by atoms with Crippen LogP contribution in [0.15, 0.2) is 173 Å². The normalized spacial score (nSPS) is 13.7. The Morgan fingerprint density at radius 2 is 1.01 bits per heavy atom. The minimum atomic E-state index is -0.662. The fraction of sp³-hybridized carbons (Fsp3) is 0.388. The van der Waals surface area contributed by atoms with E-state index in [9.17, 15) is 24.6 Å². The highest BCUT2D eigenvalue weighted by molar-refractivity contribution is 6.30. The Balaban J connectivity index is 0.000000251. The number of nitrogens with zero attached hydrogens (tertiary/aromatic N) is 12. The van der Waals surface area contributed by atoms with Gasteiger partial charge in [-0.15, -0.1) is 0 Å². The number of nitrogen functional groups attached to an aromatic ring is 1. The van der Waals surface area contributed by atoms with Crippen molar-refractivity contribution < 1.29 is 76.9 Å². The third-order valence-corrected chi connectivity index (χ3v) is 17.5. The first kappa shape index (κ1) is 101. The second-order valence-electron chi connectivity index (χ2n) is 28.5. The molecule has 38 heteroatoms. The summed E-state index contributed by atoms with van der Waals surface area (Å²) in [5, 5.41) is 56.8. The third-order valence-electron chi connectivity index (χ3n) is 16.7. The number of rotatable bonds is 31. The number of methoxy groups -OCH3 is 4. The first-order chi connectivity index (χ1) is 58.4. The lowest BCUT2D eigenvalue weighted by Gasteiger charge is -2.20. The van der Waals surface area contributed by atoms with Crippen molar-refractivity contribution >= 4 is 86.0 Å². The van der Waals surface area contributed by atoms with Crippen molar-refractivity contribution in [1.29, 1.82) is 0 Å². The topological polar surface area (TPSA) is 421 Å². The van der Waals surface area contributed by atoms with Crippen LogP contribution in [-0.4, -0.2) is 206 Å². The number of hydrogen-bond acceptors (Lipinski definition) is 30. The lowest BCUT2D eigenvalue weighted by Crippen LogP contribution is -2.24. The molecule has 11 heterocycles. The number of halogens is 5. The van der Waals surface area contributed by atoms with Crippen LogP contribution >= 0.6 is 46.4 Å². The number of anilines is 5. The molecular weight excluding hydrogens is 1680 g/mol. The SMILES string of the molecule is C.COC[C@H](C)COc1ccc(N)nc1.COC[C@H](C)COc1ccc(Nc2cc(-c3cccc(-n4ncc5cc(C(C)(C)C)cc(F)c5c4=O)c3CO)nn(C)c2=O)nc1.COC[C@H](C)COc1ccc(Nc2cc(Cl)nn(C)c2=O)nc1.COC[C@H](O)COc1ccc(Cl)nc1.Clc1ccc(OC[C@@H]2CO2)cn1.OC[C@@H]1CO1.Oc1ccc(Cl)nc1.